The minimum atomic E-state index is -0.976. The van der Waals surface area contributed by atoms with Gasteiger partial charge in [-0.15, -0.1) is 0 Å². The van der Waals surface area contributed by atoms with Crippen LogP contribution in [0, 0.1) is 17.6 Å². The summed E-state index contributed by atoms with van der Waals surface area (Å²) in [5.74, 6) is -3.63. The smallest absolute Gasteiger partial charge is 0.257 e. The normalized spacial score (nSPS) is 13.2. The van der Waals surface area contributed by atoms with E-state index in [-0.39, 0.29) is 12.0 Å². The average Bonchev–Trinajstić information content (AvgIpc) is 2.59. The molecule has 1 aromatic carbocycles. The molecular weight excluding hydrogens is 340 g/mol. The Balaban J connectivity index is 2.13. The predicted octanol–water partition coefficient (Wildman–Crippen LogP) is 2.99. The second-order valence-corrected chi connectivity index (χ2v) is 6.30. The molecule has 0 spiro atoms. The number of carbonyl (C=O) groups excluding carboxylic acids is 2. The minimum absolute atomic E-state index is 0.279. The lowest BCUT2D eigenvalue weighted by atomic mass is 10.0. The van der Waals surface area contributed by atoms with Crippen LogP contribution in [0.3, 0.4) is 0 Å². The lowest BCUT2D eigenvalue weighted by Crippen LogP contribution is -2.50. The lowest BCUT2D eigenvalue weighted by Gasteiger charge is -2.24. The van der Waals surface area contributed by atoms with Crippen molar-refractivity contribution in [2.45, 2.75) is 32.9 Å². The van der Waals surface area contributed by atoms with Gasteiger partial charge in [0.1, 0.15) is 23.2 Å². The fourth-order valence-electron chi connectivity index (χ4n) is 2.50. The van der Waals surface area contributed by atoms with Crippen molar-refractivity contribution < 1.29 is 18.4 Å². The summed E-state index contributed by atoms with van der Waals surface area (Å²) in [4.78, 5) is 28.8. The predicted molar refractivity (Wildman–Crippen MR) is 93.2 cm³/mol. The molecule has 1 heterocycles. The highest BCUT2D eigenvalue weighted by Crippen LogP contribution is 2.15. The number of benzene rings is 1. The molecule has 0 aliphatic rings. The minimum Gasteiger partial charge on any atom is -0.348 e. The largest absolute Gasteiger partial charge is 0.348 e. The molecule has 2 aromatic rings. The number of carbonyl (C=O) groups is 2. The van der Waals surface area contributed by atoms with Crippen molar-refractivity contribution in [1.29, 1.82) is 0 Å². The average molecular weight is 361 g/mol. The molecule has 0 bridgehead atoms. The molecule has 0 aliphatic heterocycles. The first-order valence-electron chi connectivity index (χ1n) is 8.26. The molecule has 2 rings (SSSR count). The van der Waals surface area contributed by atoms with Gasteiger partial charge >= 0.3 is 0 Å². The van der Waals surface area contributed by atoms with E-state index >= 15 is 0 Å². The quantitative estimate of drug-likeness (QED) is 0.831. The molecule has 26 heavy (non-hydrogen) atoms. The van der Waals surface area contributed by atoms with Crippen molar-refractivity contribution in [2.24, 2.45) is 5.92 Å². The van der Waals surface area contributed by atoms with Crippen LogP contribution in [-0.2, 0) is 4.79 Å². The van der Waals surface area contributed by atoms with Gasteiger partial charge in [-0.3, -0.25) is 14.6 Å². The molecule has 0 radical (unpaired) electrons. The molecule has 0 aliphatic carbocycles. The van der Waals surface area contributed by atoms with E-state index in [9.17, 15) is 18.4 Å². The van der Waals surface area contributed by atoms with Crippen LogP contribution >= 0.6 is 0 Å². The van der Waals surface area contributed by atoms with E-state index in [1.165, 1.54) is 6.07 Å². The summed E-state index contributed by atoms with van der Waals surface area (Å²) >= 11 is 0. The second-order valence-electron chi connectivity index (χ2n) is 6.30. The molecule has 2 N–H and O–H groups in total. The number of aromatic nitrogens is 1. The number of hydrogen-bond donors (Lipinski definition) is 2. The first-order valence-corrected chi connectivity index (χ1v) is 8.26. The van der Waals surface area contributed by atoms with E-state index in [1.54, 1.807) is 45.3 Å². The number of halogens is 2. The second kappa shape index (κ2) is 8.51. The van der Waals surface area contributed by atoms with E-state index < -0.39 is 35.1 Å². The molecule has 0 fully saturated rings. The third-order valence-electron chi connectivity index (χ3n) is 3.99. The first-order chi connectivity index (χ1) is 12.3. The fourth-order valence-corrected chi connectivity index (χ4v) is 2.50. The Hall–Kier alpha value is -2.83. The molecule has 0 unspecified atom stereocenters. The third kappa shape index (κ3) is 4.62. The van der Waals surface area contributed by atoms with Gasteiger partial charge in [0, 0.05) is 12.4 Å². The highest BCUT2D eigenvalue weighted by Gasteiger charge is 2.28. The molecule has 1 aromatic heterocycles. The van der Waals surface area contributed by atoms with Crippen molar-refractivity contribution in [3.05, 3.63) is 65.5 Å². The molecule has 2 atom stereocenters. The standard InChI is InChI=1S/C19H21F2N3O2/c1-11(2)17(19(26)23-12(3)13-7-9-22-10-8-13)24-18(25)16-14(20)5-4-6-15(16)21/h4-12,17H,1-3H3,(H,23,26)(H,24,25)/t12-,17-/m0/s1. The summed E-state index contributed by atoms with van der Waals surface area (Å²) in [6.07, 6.45) is 3.22. The summed E-state index contributed by atoms with van der Waals surface area (Å²) in [6, 6.07) is 5.44. The molecule has 0 saturated carbocycles. The highest BCUT2D eigenvalue weighted by atomic mass is 19.1. The Bertz CT molecular complexity index is 761. The van der Waals surface area contributed by atoms with Crippen LogP contribution in [0.4, 0.5) is 8.78 Å². The fraction of sp³-hybridized carbons (Fsp3) is 0.316. The Morgan fingerprint density at radius 3 is 2.08 bits per heavy atom. The monoisotopic (exact) mass is 361 g/mol. The molecule has 0 saturated heterocycles. The molecule has 138 valence electrons. The number of amides is 2. The highest BCUT2D eigenvalue weighted by molar-refractivity contribution is 5.98. The van der Waals surface area contributed by atoms with Crippen molar-refractivity contribution in [3.8, 4) is 0 Å². The van der Waals surface area contributed by atoms with E-state index in [1.807, 2.05) is 0 Å². The van der Waals surface area contributed by atoms with Crippen molar-refractivity contribution in [3.63, 3.8) is 0 Å². The summed E-state index contributed by atoms with van der Waals surface area (Å²) < 4.78 is 27.6. The maximum Gasteiger partial charge on any atom is 0.257 e. The maximum atomic E-state index is 13.8. The number of pyridine rings is 1. The van der Waals surface area contributed by atoms with Gasteiger partial charge < -0.3 is 10.6 Å². The maximum absolute atomic E-state index is 13.8. The summed E-state index contributed by atoms with van der Waals surface area (Å²) in [6.45, 7) is 5.27. The Morgan fingerprint density at radius 2 is 1.54 bits per heavy atom. The number of nitrogens with zero attached hydrogens (tertiary/aromatic N) is 1. The molecule has 5 nitrogen and oxygen atoms in total. The van der Waals surface area contributed by atoms with Gasteiger partial charge in [-0.05, 0) is 42.7 Å². The van der Waals surface area contributed by atoms with Gasteiger partial charge in [-0.2, -0.15) is 0 Å². The zero-order valence-electron chi connectivity index (χ0n) is 14.8. The van der Waals surface area contributed by atoms with Crippen molar-refractivity contribution >= 4 is 11.8 Å². The third-order valence-corrected chi connectivity index (χ3v) is 3.99. The van der Waals surface area contributed by atoms with Gasteiger partial charge in [-0.25, -0.2) is 8.78 Å². The van der Waals surface area contributed by atoms with Crippen LogP contribution in [-0.4, -0.2) is 22.8 Å². The Kier molecular flexibility index (Phi) is 6.38. The summed E-state index contributed by atoms with van der Waals surface area (Å²) in [7, 11) is 0. The van der Waals surface area contributed by atoms with Gasteiger partial charge in [0.2, 0.25) is 5.91 Å². The van der Waals surface area contributed by atoms with Crippen molar-refractivity contribution in [2.75, 3.05) is 0 Å². The van der Waals surface area contributed by atoms with Crippen LogP contribution in [0.1, 0.15) is 42.7 Å². The van der Waals surface area contributed by atoms with Crippen molar-refractivity contribution in [1.82, 2.24) is 15.6 Å². The van der Waals surface area contributed by atoms with Crippen LogP contribution < -0.4 is 10.6 Å². The number of rotatable bonds is 6. The molecular formula is C19H21F2N3O2. The first kappa shape index (κ1) is 19.5. The van der Waals surface area contributed by atoms with Crippen LogP contribution in [0.25, 0.3) is 0 Å². The van der Waals surface area contributed by atoms with Gasteiger partial charge in [0.25, 0.3) is 5.91 Å². The van der Waals surface area contributed by atoms with E-state index in [0.717, 1.165) is 17.7 Å². The van der Waals surface area contributed by atoms with Gasteiger partial charge in [0.05, 0.1) is 6.04 Å². The van der Waals surface area contributed by atoms with Crippen LogP contribution in [0.15, 0.2) is 42.7 Å². The Morgan fingerprint density at radius 1 is 0.962 bits per heavy atom. The number of nitrogens with one attached hydrogen (secondary N) is 2. The lowest BCUT2D eigenvalue weighted by molar-refractivity contribution is -0.124. The van der Waals surface area contributed by atoms with Gasteiger partial charge in [-0.1, -0.05) is 19.9 Å². The SMILES string of the molecule is CC(C)[C@H](NC(=O)c1c(F)cccc1F)C(=O)N[C@@H](C)c1ccncc1. The number of hydrogen-bond acceptors (Lipinski definition) is 3. The summed E-state index contributed by atoms with van der Waals surface area (Å²) in [5.41, 5.74) is 0.149. The molecule has 7 heteroatoms. The van der Waals surface area contributed by atoms with Crippen LogP contribution in [0.5, 0.6) is 0 Å². The van der Waals surface area contributed by atoms with E-state index in [4.69, 9.17) is 0 Å². The Labute approximate surface area is 150 Å². The van der Waals surface area contributed by atoms with Crippen LogP contribution in [0.2, 0.25) is 0 Å². The zero-order chi connectivity index (χ0) is 19.3. The summed E-state index contributed by atoms with van der Waals surface area (Å²) in [5, 5.41) is 5.22. The van der Waals surface area contributed by atoms with E-state index in [0.29, 0.717) is 0 Å². The van der Waals surface area contributed by atoms with E-state index in [2.05, 4.69) is 15.6 Å². The molecule has 2 amide bonds. The topological polar surface area (TPSA) is 71.1 Å². The van der Waals surface area contributed by atoms with Gasteiger partial charge in [0.15, 0.2) is 0 Å². The zero-order valence-corrected chi connectivity index (χ0v) is 14.8.